The van der Waals surface area contributed by atoms with E-state index in [1.165, 1.54) is 24.0 Å². The molecule has 1 heterocycles. The number of fused-ring (bicyclic) bond motifs is 1. The summed E-state index contributed by atoms with van der Waals surface area (Å²) in [6.07, 6.45) is 3.56. The van der Waals surface area contributed by atoms with Crippen molar-refractivity contribution in [2.45, 2.75) is 25.2 Å². The van der Waals surface area contributed by atoms with Gasteiger partial charge in [0.2, 0.25) is 0 Å². The second-order valence-corrected chi connectivity index (χ2v) is 4.20. The summed E-state index contributed by atoms with van der Waals surface area (Å²) in [4.78, 5) is 11.6. The summed E-state index contributed by atoms with van der Waals surface area (Å²) in [5, 5.41) is 2.89. The summed E-state index contributed by atoms with van der Waals surface area (Å²) in [6.45, 7) is 0.786. The first-order valence-electron chi connectivity index (χ1n) is 5.25. The van der Waals surface area contributed by atoms with E-state index in [2.05, 4.69) is 23.5 Å². The molecule has 1 N–H and O–H groups in total. The summed E-state index contributed by atoms with van der Waals surface area (Å²) in [7, 11) is 0. The lowest BCUT2D eigenvalue weighted by atomic mass is 9.96. The quantitative estimate of drug-likeness (QED) is 0.714. The third-order valence-electron chi connectivity index (χ3n) is 3.11. The molecule has 1 amide bonds. The van der Waals surface area contributed by atoms with Crippen LogP contribution >= 0.6 is 0 Å². The van der Waals surface area contributed by atoms with Gasteiger partial charge in [-0.25, -0.2) is 0 Å². The smallest absolute Gasteiger partial charge is 0.251 e. The van der Waals surface area contributed by atoms with Crippen molar-refractivity contribution in [1.29, 1.82) is 0 Å². The van der Waals surface area contributed by atoms with Crippen molar-refractivity contribution in [3.8, 4) is 0 Å². The SMILES string of the molecule is O=C1NCCc2ccc(C3CC3)cc21. The molecule has 0 spiro atoms. The molecule has 1 saturated carbocycles. The standard InChI is InChI=1S/C12H13NO/c14-12-11-7-10(8-1-2-8)4-3-9(11)5-6-13-12/h3-4,7-8H,1-2,5-6H2,(H,13,14). The Kier molecular flexibility index (Phi) is 1.63. The van der Waals surface area contributed by atoms with Crippen LogP contribution in [0.25, 0.3) is 0 Å². The third kappa shape index (κ3) is 1.22. The average Bonchev–Trinajstić information content (AvgIpc) is 3.01. The Balaban J connectivity index is 2.06. The number of carbonyl (C=O) groups excluding carboxylic acids is 1. The zero-order valence-electron chi connectivity index (χ0n) is 8.05. The topological polar surface area (TPSA) is 29.1 Å². The maximum atomic E-state index is 11.6. The predicted octanol–water partition coefficient (Wildman–Crippen LogP) is 1.85. The van der Waals surface area contributed by atoms with Gasteiger partial charge < -0.3 is 5.32 Å². The second-order valence-electron chi connectivity index (χ2n) is 4.20. The molecule has 1 aromatic carbocycles. The molecule has 1 aromatic rings. The lowest BCUT2D eigenvalue weighted by molar-refractivity contribution is 0.0946. The van der Waals surface area contributed by atoms with Crippen LogP contribution < -0.4 is 5.32 Å². The van der Waals surface area contributed by atoms with E-state index < -0.39 is 0 Å². The van der Waals surface area contributed by atoms with Gasteiger partial charge in [-0.05, 0) is 42.4 Å². The fourth-order valence-electron chi connectivity index (χ4n) is 2.10. The highest BCUT2D eigenvalue weighted by Crippen LogP contribution is 2.40. The largest absolute Gasteiger partial charge is 0.352 e. The molecule has 72 valence electrons. The van der Waals surface area contributed by atoms with Gasteiger partial charge in [-0.1, -0.05) is 12.1 Å². The highest BCUT2D eigenvalue weighted by atomic mass is 16.1. The molecule has 2 aliphatic rings. The van der Waals surface area contributed by atoms with Gasteiger partial charge in [0, 0.05) is 12.1 Å². The molecule has 0 aromatic heterocycles. The van der Waals surface area contributed by atoms with E-state index in [0.29, 0.717) is 0 Å². The van der Waals surface area contributed by atoms with E-state index in [9.17, 15) is 4.79 Å². The Morgan fingerprint density at radius 2 is 2.14 bits per heavy atom. The van der Waals surface area contributed by atoms with Crippen LogP contribution in [-0.4, -0.2) is 12.5 Å². The molecule has 0 bridgehead atoms. The summed E-state index contributed by atoms with van der Waals surface area (Å²) < 4.78 is 0. The molecule has 0 radical (unpaired) electrons. The van der Waals surface area contributed by atoms with Crippen LogP contribution in [0.2, 0.25) is 0 Å². The Bertz CT molecular complexity index is 393. The molecule has 0 unspecified atom stereocenters. The van der Waals surface area contributed by atoms with Crippen molar-refractivity contribution in [2.75, 3.05) is 6.54 Å². The van der Waals surface area contributed by atoms with Crippen molar-refractivity contribution in [1.82, 2.24) is 5.32 Å². The van der Waals surface area contributed by atoms with E-state index in [1.807, 2.05) is 0 Å². The fourth-order valence-corrected chi connectivity index (χ4v) is 2.10. The minimum Gasteiger partial charge on any atom is -0.352 e. The minimum absolute atomic E-state index is 0.105. The molecular weight excluding hydrogens is 174 g/mol. The molecule has 2 nitrogen and oxygen atoms in total. The lowest BCUT2D eigenvalue weighted by Gasteiger charge is -2.16. The van der Waals surface area contributed by atoms with Crippen LogP contribution in [0.1, 0.15) is 40.2 Å². The van der Waals surface area contributed by atoms with Crippen LogP contribution in [0.15, 0.2) is 18.2 Å². The van der Waals surface area contributed by atoms with Gasteiger partial charge in [0.25, 0.3) is 5.91 Å². The number of benzene rings is 1. The fraction of sp³-hybridized carbons (Fsp3) is 0.417. The first-order valence-corrected chi connectivity index (χ1v) is 5.25. The molecular formula is C12H13NO. The maximum Gasteiger partial charge on any atom is 0.251 e. The van der Waals surface area contributed by atoms with E-state index in [0.717, 1.165) is 24.4 Å². The minimum atomic E-state index is 0.105. The van der Waals surface area contributed by atoms with Crippen LogP contribution in [0.4, 0.5) is 0 Å². The van der Waals surface area contributed by atoms with Gasteiger partial charge in [0.15, 0.2) is 0 Å². The van der Waals surface area contributed by atoms with Crippen molar-refractivity contribution in [3.63, 3.8) is 0 Å². The summed E-state index contributed by atoms with van der Waals surface area (Å²) in [5.74, 6) is 0.837. The number of nitrogens with one attached hydrogen (secondary N) is 1. The van der Waals surface area contributed by atoms with Gasteiger partial charge in [-0.2, -0.15) is 0 Å². The van der Waals surface area contributed by atoms with Gasteiger partial charge >= 0.3 is 0 Å². The van der Waals surface area contributed by atoms with Gasteiger partial charge in [-0.3, -0.25) is 4.79 Å². The molecule has 1 aliphatic heterocycles. The van der Waals surface area contributed by atoms with Crippen LogP contribution in [0.3, 0.4) is 0 Å². The Labute approximate surface area is 83.3 Å². The zero-order chi connectivity index (χ0) is 9.54. The van der Waals surface area contributed by atoms with Crippen molar-refractivity contribution in [2.24, 2.45) is 0 Å². The molecule has 3 rings (SSSR count). The molecule has 14 heavy (non-hydrogen) atoms. The average molecular weight is 187 g/mol. The molecule has 1 aliphatic carbocycles. The van der Waals surface area contributed by atoms with Gasteiger partial charge in [-0.15, -0.1) is 0 Å². The molecule has 0 atom stereocenters. The maximum absolute atomic E-state index is 11.6. The third-order valence-corrected chi connectivity index (χ3v) is 3.11. The van der Waals surface area contributed by atoms with Crippen molar-refractivity contribution < 1.29 is 4.79 Å². The van der Waals surface area contributed by atoms with E-state index in [1.54, 1.807) is 0 Å². The first-order chi connectivity index (χ1) is 6.84. The number of carbonyl (C=O) groups is 1. The van der Waals surface area contributed by atoms with Crippen molar-refractivity contribution in [3.05, 3.63) is 34.9 Å². The molecule has 2 heteroatoms. The van der Waals surface area contributed by atoms with Crippen LogP contribution in [0, 0.1) is 0 Å². The second kappa shape index (κ2) is 2.84. The Morgan fingerprint density at radius 3 is 2.93 bits per heavy atom. The number of hydrogen-bond donors (Lipinski definition) is 1. The van der Waals surface area contributed by atoms with E-state index >= 15 is 0 Å². The van der Waals surface area contributed by atoms with Gasteiger partial charge in [0.05, 0.1) is 0 Å². The molecule has 0 saturated heterocycles. The predicted molar refractivity (Wildman–Crippen MR) is 54.5 cm³/mol. The summed E-state index contributed by atoms with van der Waals surface area (Å²) in [5.41, 5.74) is 3.46. The normalized spacial score (nSPS) is 20.1. The highest BCUT2D eigenvalue weighted by molar-refractivity contribution is 5.96. The van der Waals surface area contributed by atoms with Gasteiger partial charge in [0.1, 0.15) is 0 Å². The Hall–Kier alpha value is -1.31. The lowest BCUT2D eigenvalue weighted by Crippen LogP contribution is -2.31. The van der Waals surface area contributed by atoms with E-state index in [-0.39, 0.29) is 5.91 Å². The van der Waals surface area contributed by atoms with Crippen molar-refractivity contribution >= 4 is 5.91 Å². The monoisotopic (exact) mass is 187 g/mol. The zero-order valence-corrected chi connectivity index (χ0v) is 8.05. The first kappa shape index (κ1) is 8.04. The van der Waals surface area contributed by atoms with E-state index in [4.69, 9.17) is 0 Å². The number of hydrogen-bond acceptors (Lipinski definition) is 1. The van der Waals surface area contributed by atoms with Crippen LogP contribution in [-0.2, 0) is 6.42 Å². The molecule has 1 fully saturated rings. The summed E-state index contributed by atoms with van der Waals surface area (Å²) in [6, 6.07) is 6.40. The number of rotatable bonds is 1. The highest BCUT2D eigenvalue weighted by Gasteiger charge is 2.25. The van der Waals surface area contributed by atoms with Crippen LogP contribution in [0.5, 0.6) is 0 Å². The Morgan fingerprint density at radius 1 is 1.29 bits per heavy atom. The summed E-state index contributed by atoms with van der Waals surface area (Å²) >= 11 is 0. The number of amides is 1.